The van der Waals surface area contributed by atoms with Crippen LogP contribution >= 0.6 is 0 Å². The van der Waals surface area contributed by atoms with Crippen LogP contribution in [0.5, 0.6) is 0 Å². The van der Waals surface area contributed by atoms with Crippen molar-refractivity contribution in [2.75, 3.05) is 0 Å². The summed E-state index contributed by atoms with van der Waals surface area (Å²) in [4.78, 5) is 57.5. The molecule has 288 valence electrons. The van der Waals surface area contributed by atoms with Crippen LogP contribution in [0.2, 0.25) is 0 Å². The van der Waals surface area contributed by atoms with Crippen LogP contribution < -0.4 is 16.0 Å². The summed E-state index contributed by atoms with van der Waals surface area (Å²) in [6, 6.07) is 34.2. The van der Waals surface area contributed by atoms with E-state index in [4.69, 9.17) is 9.47 Å². The number of amides is 3. The van der Waals surface area contributed by atoms with Gasteiger partial charge in [0.25, 0.3) is 0 Å². The van der Waals surface area contributed by atoms with E-state index < -0.39 is 36.1 Å². The van der Waals surface area contributed by atoms with Crippen molar-refractivity contribution in [3.05, 3.63) is 144 Å². The number of rotatable bonds is 21. The number of aromatic amines is 1. The predicted molar refractivity (Wildman–Crippen MR) is 214 cm³/mol. The third-order valence-corrected chi connectivity index (χ3v) is 9.51. The van der Waals surface area contributed by atoms with Crippen molar-refractivity contribution in [1.29, 1.82) is 0 Å². The van der Waals surface area contributed by atoms with Crippen LogP contribution in [0.4, 0.5) is 4.79 Å². The highest BCUT2D eigenvalue weighted by atomic mass is 16.5. The van der Waals surface area contributed by atoms with Gasteiger partial charge in [0, 0.05) is 29.6 Å². The summed E-state index contributed by atoms with van der Waals surface area (Å²) in [5.74, 6) is -1.31. The number of H-pyrrole nitrogens is 1. The molecule has 4 aromatic carbocycles. The molecule has 0 aliphatic carbocycles. The quantitative estimate of drug-likeness (QED) is 0.0449. The van der Waals surface area contributed by atoms with Gasteiger partial charge in [0.05, 0.1) is 6.42 Å². The summed E-state index contributed by atoms with van der Waals surface area (Å²) in [5, 5.41) is 9.69. The van der Waals surface area contributed by atoms with Crippen molar-refractivity contribution >= 4 is 34.8 Å². The number of carbonyl (C=O) groups is 4. The van der Waals surface area contributed by atoms with E-state index >= 15 is 0 Å². The van der Waals surface area contributed by atoms with Crippen molar-refractivity contribution in [2.45, 2.75) is 96.1 Å². The van der Waals surface area contributed by atoms with Crippen LogP contribution in [-0.4, -0.2) is 47.0 Å². The molecule has 0 saturated carbocycles. The maximum absolute atomic E-state index is 14.1. The first-order chi connectivity index (χ1) is 26.9. The van der Waals surface area contributed by atoms with Gasteiger partial charge in [0.2, 0.25) is 11.8 Å². The monoisotopic (exact) mass is 744 g/mol. The summed E-state index contributed by atoms with van der Waals surface area (Å²) in [7, 11) is 0. The molecule has 0 spiro atoms. The SMILES string of the molecule is CCCC[C@H](NC(=O)[C@@H](Cc1c[nH]c2ccccc12)NC(=O)OCc1ccccc1)C(=O)N[C@H](CCCCc1ccccc1)CC(=O)OCc1ccccc1. The second-order valence-corrected chi connectivity index (χ2v) is 13.8. The summed E-state index contributed by atoms with van der Waals surface area (Å²) in [6.07, 6.45) is 6.20. The maximum Gasteiger partial charge on any atom is 0.408 e. The fourth-order valence-corrected chi connectivity index (χ4v) is 6.48. The lowest BCUT2D eigenvalue weighted by Crippen LogP contribution is -2.55. The van der Waals surface area contributed by atoms with Crippen molar-refractivity contribution in [2.24, 2.45) is 0 Å². The number of esters is 1. The van der Waals surface area contributed by atoms with E-state index in [1.807, 2.05) is 116 Å². The Morgan fingerprint density at radius 2 is 1.22 bits per heavy atom. The van der Waals surface area contributed by atoms with Gasteiger partial charge in [-0.2, -0.15) is 0 Å². The van der Waals surface area contributed by atoms with E-state index in [2.05, 4.69) is 33.1 Å². The Morgan fingerprint density at radius 3 is 1.89 bits per heavy atom. The number of fused-ring (bicyclic) bond motifs is 1. The Hall–Kier alpha value is -5.90. The van der Waals surface area contributed by atoms with E-state index in [9.17, 15) is 19.2 Å². The van der Waals surface area contributed by atoms with Gasteiger partial charge in [-0.1, -0.05) is 135 Å². The lowest BCUT2D eigenvalue weighted by atomic mass is 10.0. The number of ether oxygens (including phenoxy) is 2. The van der Waals surface area contributed by atoms with Crippen LogP contribution in [0.1, 0.15) is 74.1 Å². The normalized spacial score (nSPS) is 12.6. The lowest BCUT2D eigenvalue weighted by molar-refractivity contribution is -0.145. The van der Waals surface area contributed by atoms with E-state index in [0.29, 0.717) is 19.3 Å². The van der Waals surface area contributed by atoms with Gasteiger partial charge >= 0.3 is 12.1 Å². The van der Waals surface area contributed by atoms with Crippen LogP contribution in [0.25, 0.3) is 10.9 Å². The minimum Gasteiger partial charge on any atom is -0.461 e. The number of para-hydroxylation sites is 1. The van der Waals surface area contributed by atoms with Crippen LogP contribution in [0, 0.1) is 0 Å². The number of carbonyl (C=O) groups excluding carboxylic acids is 4. The molecule has 4 N–H and O–H groups in total. The van der Waals surface area contributed by atoms with Gasteiger partial charge in [-0.15, -0.1) is 0 Å². The first-order valence-corrected chi connectivity index (χ1v) is 19.2. The highest BCUT2D eigenvalue weighted by Crippen LogP contribution is 2.20. The van der Waals surface area contributed by atoms with E-state index in [1.54, 1.807) is 0 Å². The zero-order chi connectivity index (χ0) is 38.7. The van der Waals surface area contributed by atoms with Gasteiger partial charge in [-0.3, -0.25) is 14.4 Å². The van der Waals surface area contributed by atoms with Crippen LogP contribution in [0.3, 0.4) is 0 Å². The smallest absolute Gasteiger partial charge is 0.408 e. The zero-order valence-electron chi connectivity index (χ0n) is 31.5. The minimum absolute atomic E-state index is 0.00362. The Bertz CT molecular complexity index is 1930. The third kappa shape index (κ3) is 13.5. The van der Waals surface area contributed by atoms with E-state index in [0.717, 1.165) is 53.3 Å². The number of aromatic nitrogens is 1. The standard InChI is InChI=1S/C45H52N4O6/c1-2-3-26-40(43(51)47-37(24-14-13-19-33-17-7-4-8-18-33)29-42(50)54-31-34-20-9-5-10-21-34)48-44(52)41(28-36-30-46-39-27-16-15-25-38(36)39)49-45(53)55-32-35-22-11-6-12-23-35/h4-12,15-18,20-23,25,27,30,37,40-41,46H,2-3,13-14,19,24,26,28-29,31-32H2,1H3,(H,47,51)(H,48,52)(H,49,53)/t37-,40+,41-/m1/s1. The molecule has 0 fully saturated rings. The first-order valence-electron chi connectivity index (χ1n) is 19.2. The molecule has 0 aliphatic heterocycles. The Labute approximate surface area is 323 Å². The summed E-state index contributed by atoms with van der Waals surface area (Å²) < 4.78 is 11.1. The number of aryl methyl sites for hydroxylation is 1. The topological polar surface area (TPSA) is 139 Å². The molecule has 0 aliphatic rings. The molecule has 10 heteroatoms. The molecular formula is C45H52N4O6. The average Bonchev–Trinajstić information content (AvgIpc) is 3.62. The maximum atomic E-state index is 14.1. The molecule has 0 unspecified atom stereocenters. The molecule has 3 atom stereocenters. The van der Waals surface area contributed by atoms with Crippen molar-refractivity contribution in [3.8, 4) is 0 Å². The second-order valence-electron chi connectivity index (χ2n) is 13.8. The van der Waals surface area contributed by atoms with E-state index in [1.165, 1.54) is 5.56 Å². The van der Waals surface area contributed by atoms with Crippen LogP contribution in [0.15, 0.2) is 121 Å². The first kappa shape index (κ1) is 40.3. The summed E-state index contributed by atoms with van der Waals surface area (Å²) >= 11 is 0. The number of hydrogen-bond acceptors (Lipinski definition) is 6. The predicted octanol–water partition coefficient (Wildman–Crippen LogP) is 7.71. The summed E-state index contributed by atoms with van der Waals surface area (Å²) in [5.41, 5.74) is 4.65. The Kier molecular flexibility index (Phi) is 15.9. The minimum atomic E-state index is -1.04. The van der Waals surface area contributed by atoms with E-state index in [-0.39, 0.29) is 32.0 Å². The van der Waals surface area contributed by atoms with Crippen LogP contribution in [-0.2, 0) is 49.9 Å². The average molecular weight is 745 g/mol. The Morgan fingerprint density at radius 1 is 0.618 bits per heavy atom. The Balaban J connectivity index is 1.27. The van der Waals surface area contributed by atoms with Gasteiger partial charge in [-0.25, -0.2) is 4.79 Å². The molecule has 1 aromatic heterocycles. The van der Waals surface area contributed by atoms with Gasteiger partial charge < -0.3 is 30.4 Å². The van der Waals surface area contributed by atoms with Crippen molar-refractivity contribution in [1.82, 2.24) is 20.9 Å². The molecule has 0 saturated heterocycles. The van der Waals surface area contributed by atoms with Gasteiger partial charge in [-0.05, 0) is 54.0 Å². The molecule has 55 heavy (non-hydrogen) atoms. The molecule has 1 heterocycles. The second kappa shape index (κ2) is 21.7. The van der Waals surface area contributed by atoms with Crippen molar-refractivity contribution < 1.29 is 28.7 Å². The molecule has 5 aromatic rings. The van der Waals surface area contributed by atoms with Gasteiger partial charge in [0.15, 0.2) is 0 Å². The zero-order valence-corrected chi connectivity index (χ0v) is 31.5. The van der Waals surface area contributed by atoms with Gasteiger partial charge in [0.1, 0.15) is 25.3 Å². The summed E-state index contributed by atoms with van der Waals surface area (Å²) in [6.45, 7) is 2.19. The molecule has 3 amide bonds. The number of benzene rings is 4. The molecule has 10 nitrogen and oxygen atoms in total. The molecule has 5 rings (SSSR count). The largest absolute Gasteiger partial charge is 0.461 e. The number of hydrogen-bond donors (Lipinski definition) is 4. The third-order valence-electron chi connectivity index (χ3n) is 9.51. The number of alkyl carbamates (subject to hydrolysis) is 1. The molecule has 0 radical (unpaired) electrons. The fourth-order valence-electron chi connectivity index (χ4n) is 6.48. The number of nitrogens with one attached hydrogen (secondary N) is 4. The molecular weight excluding hydrogens is 693 g/mol. The highest BCUT2D eigenvalue weighted by molar-refractivity contribution is 5.92. The van der Waals surface area contributed by atoms with Crippen molar-refractivity contribution in [3.63, 3.8) is 0 Å². The highest BCUT2D eigenvalue weighted by Gasteiger charge is 2.29. The number of unbranched alkanes of at least 4 members (excludes halogenated alkanes) is 2. The lowest BCUT2D eigenvalue weighted by Gasteiger charge is -2.25. The molecule has 0 bridgehead atoms. The fraction of sp³-hybridized carbons (Fsp3) is 0.333.